The number of nitrogens with zero attached hydrogens (tertiary/aromatic N) is 3. The first-order valence-corrected chi connectivity index (χ1v) is 5.38. The molecule has 0 saturated carbocycles. The number of aromatic nitrogens is 3. The molecule has 18 heavy (non-hydrogen) atoms. The molecule has 0 unspecified atom stereocenters. The van der Waals surface area contributed by atoms with Crippen LogP contribution in [-0.2, 0) is 11.3 Å². The van der Waals surface area contributed by atoms with E-state index >= 15 is 0 Å². The highest BCUT2D eigenvalue weighted by molar-refractivity contribution is 5.89. The molecule has 0 aliphatic heterocycles. The van der Waals surface area contributed by atoms with Gasteiger partial charge in [0.2, 0.25) is 0 Å². The Bertz CT molecular complexity index is 578. The number of hydrogen-bond acceptors (Lipinski definition) is 5. The van der Waals surface area contributed by atoms with Crippen molar-refractivity contribution in [2.45, 2.75) is 13.5 Å². The van der Waals surface area contributed by atoms with Crippen LogP contribution in [0.3, 0.4) is 0 Å². The summed E-state index contributed by atoms with van der Waals surface area (Å²) in [6.07, 6.45) is 0. The van der Waals surface area contributed by atoms with Crippen LogP contribution in [0.5, 0.6) is 0 Å². The first kappa shape index (κ1) is 12.3. The van der Waals surface area contributed by atoms with Crippen LogP contribution in [0.4, 0.5) is 0 Å². The topological polar surface area (TPSA) is 77.2 Å². The van der Waals surface area contributed by atoms with Gasteiger partial charge in [-0.2, -0.15) is 0 Å². The van der Waals surface area contributed by atoms with Gasteiger partial charge < -0.3 is 9.84 Å². The van der Waals surface area contributed by atoms with Gasteiger partial charge in [0.25, 0.3) is 0 Å². The molecule has 6 heteroatoms. The van der Waals surface area contributed by atoms with Crippen molar-refractivity contribution < 1.29 is 14.6 Å². The summed E-state index contributed by atoms with van der Waals surface area (Å²) >= 11 is 0. The van der Waals surface area contributed by atoms with E-state index in [1.54, 1.807) is 35.9 Å². The van der Waals surface area contributed by atoms with Gasteiger partial charge in [-0.15, -0.1) is 5.10 Å². The summed E-state index contributed by atoms with van der Waals surface area (Å²) in [4.78, 5) is 11.4. The Morgan fingerprint density at radius 1 is 1.50 bits per heavy atom. The Balaban J connectivity index is 2.44. The zero-order valence-electron chi connectivity index (χ0n) is 10.1. The maximum atomic E-state index is 11.4. The molecule has 0 spiro atoms. The zero-order chi connectivity index (χ0) is 13.1. The molecule has 0 atom stereocenters. The summed E-state index contributed by atoms with van der Waals surface area (Å²) in [5.74, 6) is -0.406. The van der Waals surface area contributed by atoms with Gasteiger partial charge in [0.15, 0.2) is 0 Å². The van der Waals surface area contributed by atoms with Crippen molar-refractivity contribution in [3.63, 3.8) is 0 Å². The first-order valence-electron chi connectivity index (χ1n) is 5.38. The van der Waals surface area contributed by atoms with Gasteiger partial charge in [-0.1, -0.05) is 11.3 Å². The second-order valence-electron chi connectivity index (χ2n) is 3.73. The standard InChI is InChI=1S/C12H13N3O3/c1-8-11(7-16)13-14-15(8)10-5-3-4-9(6-10)12(17)18-2/h3-6,16H,7H2,1-2H3. The smallest absolute Gasteiger partial charge is 0.337 e. The van der Waals surface area contributed by atoms with Crippen LogP contribution in [0.25, 0.3) is 5.69 Å². The predicted octanol–water partition coefficient (Wildman–Crippen LogP) is 0.855. The summed E-state index contributed by atoms with van der Waals surface area (Å²) in [7, 11) is 1.33. The van der Waals surface area contributed by atoms with Gasteiger partial charge in [-0.05, 0) is 25.1 Å². The third kappa shape index (κ3) is 2.10. The summed E-state index contributed by atoms with van der Waals surface area (Å²) in [6, 6.07) is 6.86. The van der Waals surface area contributed by atoms with E-state index in [2.05, 4.69) is 15.0 Å². The number of carbonyl (C=O) groups is 1. The van der Waals surface area contributed by atoms with E-state index in [4.69, 9.17) is 5.11 Å². The van der Waals surface area contributed by atoms with Crippen LogP contribution < -0.4 is 0 Å². The number of methoxy groups -OCH3 is 1. The van der Waals surface area contributed by atoms with Crippen molar-refractivity contribution in [3.8, 4) is 5.69 Å². The molecule has 0 bridgehead atoms. The normalized spacial score (nSPS) is 10.4. The molecule has 2 rings (SSSR count). The summed E-state index contributed by atoms with van der Waals surface area (Å²) in [6.45, 7) is 1.64. The number of carbonyl (C=O) groups excluding carboxylic acids is 1. The SMILES string of the molecule is COC(=O)c1cccc(-n2nnc(CO)c2C)c1. The molecule has 0 saturated heterocycles. The van der Waals surface area contributed by atoms with Crippen LogP contribution in [0, 0.1) is 6.92 Å². The lowest BCUT2D eigenvalue weighted by Crippen LogP contribution is -2.04. The van der Waals surface area contributed by atoms with Crippen molar-refractivity contribution in [2.24, 2.45) is 0 Å². The fourth-order valence-electron chi connectivity index (χ4n) is 1.63. The van der Waals surface area contributed by atoms with E-state index in [0.29, 0.717) is 16.9 Å². The van der Waals surface area contributed by atoms with E-state index in [1.807, 2.05) is 0 Å². The molecule has 6 nitrogen and oxygen atoms in total. The maximum absolute atomic E-state index is 11.4. The van der Waals surface area contributed by atoms with Crippen LogP contribution >= 0.6 is 0 Å². The molecule has 0 amide bonds. The first-order chi connectivity index (χ1) is 8.67. The number of rotatable bonds is 3. The monoisotopic (exact) mass is 247 g/mol. The lowest BCUT2D eigenvalue weighted by molar-refractivity contribution is 0.0600. The Morgan fingerprint density at radius 2 is 2.28 bits per heavy atom. The van der Waals surface area contributed by atoms with Crippen molar-refractivity contribution in [3.05, 3.63) is 41.2 Å². The van der Waals surface area contributed by atoms with Crippen LogP contribution in [-0.4, -0.2) is 33.2 Å². The van der Waals surface area contributed by atoms with E-state index in [0.717, 1.165) is 5.69 Å². The molecule has 0 aliphatic carbocycles. The molecule has 94 valence electrons. The Kier molecular flexibility index (Phi) is 3.38. The van der Waals surface area contributed by atoms with Crippen LogP contribution in [0.1, 0.15) is 21.7 Å². The van der Waals surface area contributed by atoms with Gasteiger partial charge in [-0.3, -0.25) is 0 Å². The van der Waals surface area contributed by atoms with Crippen molar-refractivity contribution in [1.29, 1.82) is 0 Å². The van der Waals surface area contributed by atoms with Crippen molar-refractivity contribution >= 4 is 5.97 Å². The minimum atomic E-state index is -0.406. The summed E-state index contributed by atoms with van der Waals surface area (Å²) in [5, 5.41) is 16.9. The fourth-order valence-corrected chi connectivity index (χ4v) is 1.63. The number of aliphatic hydroxyl groups is 1. The minimum absolute atomic E-state index is 0.164. The molecule has 1 heterocycles. The number of aliphatic hydroxyl groups excluding tert-OH is 1. The number of hydrogen-bond donors (Lipinski definition) is 1. The summed E-state index contributed by atoms with van der Waals surface area (Å²) < 4.78 is 6.23. The van der Waals surface area contributed by atoms with E-state index < -0.39 is 5.97 Å². The Morgan fingerprint density at radius 3 is 2.89 bits per heavy atom. The number of esters is 1. The molecular weight excluding hydrogens is 234 g/mol. The van der Waals surface area contributed by atoms with E-state index in [1.165, 1.54) is 7.11 Å². The van der Waals surface area contributed by atoms with Gasteiger partial charge in [-0.25, -0.2) is 9.48 Å². The largest absolute Gasteiger partial charge is 0.465 e. The lowest BCUT2D eigenvalue weighted by atomic mass is 10.2. The van der Waals surface area contributed by atoms with E-state index in [9.17, 15) is 4.79 Å². The average Bonchev–Trinajstić information content (AvgIpc) is 2.79. The average molecular weight is 247 g/mol. The number of ether oxygens (including phenoxy) is 1. The van der Waals surface area contributed by atoms with Crippen molar-refractivity contribution in [1.82, 2.24) is 15.0 Å². The second kappa shape index (κ2) is 4.97. The lowest BCUT2D eigenvalue weighted by Gasteiger charge is -2.05. The van der Waals surface area contributed by atoms with Gasteiger partial charge >= 0.3 is 5.97 Å². The highest BCUT2D eigenvalue weighted by atomic mass is 16.5. The van der Waals surface area contributed by atoms with Gasteiger partial charge in [0.1, 0.15) is 5.69 Å². The Hall–Kier alpha value is -2.21. The van der Waals surface area contributed by atoms with Crippen LogP contribution in [0.2, 0.25) is 0 Å². The quantitative estimate of drug-likeness (QED) is 0.814. The fraction of sp³-hybridized carbons (Fsp3) is 0.250. The highest BCUT2D eigenvalue weighted by Crippen LogP contribution is 2.14. The summed E-state index contributed by atoms with van der Waals surface area (Å²) in [5.41, 5.74) is 2.39. The molecule has 1 aromatic carbocycles. The third-order valence-electron chi connectivity index (χ3n) is 2.65. The van der Waals surface area contributed by atoms with Gasteiger partial charge in [0.05, 0.1) is 30.7 Å². The molecule has 1 N–H and O–H groups in total. The third-order valence-corrected chi connectivity index (χ3v) is 2.65. The molecule has 0 radical (unpaired) electrons. The predicted molar refractivity (Wildman–Crippen MR) is 63.4 cm³/mol. The minimum Gasteiger partial charge on any atom is -0.465 e. The second-order valence-corrected chi connectivity index (χ2v) is 3.73. The van der Waals surface area contributed by atoms with E-state index in [-0.39, 0.29) is 6.61 Å². The maximum Gasteiger partial charge on any atom is 0.337 e. The Labute approximate surface area is 104 Å². The molecular formula is C12H13N3O3. The molecule has 0 aliphatic rings. The molecule has 0 fully saturated rings. The van der Waals surface area contributed by atoms with Crippen molar-refractivity contribution in [2.75, 3.05) is 7.11 Å². The number of benzene rings is 1. The van der Waals surface area contributed by atoms with Crippen LogP contribution in [0.15, 0.2) is 24.3 Å². The molecule has 1 aromatic heterocycles. The molecule has 2 aromatic rings. The van der Waals surface area contributed by atoms with Gasteiger partial charge in [0, 0.05) is 0 Å². The zero-order valence-corrected chi connectivity index (χ0v) is 10.1. The highest BCUT2D eigenvalue weighted by Gasteiger charge is 2.11.